The molecule has 0 aliphatic heterocycles. The number of hydrogen-bond donors (Lipinski definition) is 1. The summed E-state index contributed by atoms with van der Waals surface area (Å²) in [5, 5.41) is 2.85. The van der Waals surface area contributed by atoms with Gasteiger partial charge in [0.05, 0.1) is 4.88 Å². The van der Waals surface area contributed by atoms with Crippen molar-refractivity contribution in [3.8, 4) is 10.4 Å². The fourth-order valence-electron chi connectivity index (χ4n) is 2.04. The molecule has 3 rings (SSSR count). The first-order valence-electron chi connectivity index (χ1n) is 7.05. The highest BCUT2D eigenvalue weighted by Crippen LogP contribution is 2.28. The van der Waals surface area contributed by atoms with E-state index in [4.69, 9.17) is 0 Å². The number of fused-ring (bicyclic) bond motifs is 1. The fraction of sp³-hybridized carbons (Fsp3) is 0.250. The average molecular weight is 317 g/mol. The van der Waals surface area contributed by atoms with Crippen molar-refractivity contribution >= 4 is 22.2 Å². The molecule has 1 amide bonds. The molecule has 22 heavy (non-hydrogen) atoms. The topological polar surface area (TPSA) is 46.4 Å². The number of aromatic nitrogens is 2. The van der Waals surface area contributed by atoms with Crippen LogP contribution in [0.15, 0.2) is 36.7 Å². The summed E-state index contributed by atoms with van der Waals surface area (Å²) in [6, 6.07) is 6.33. The molecule has 0 aliphatic rings. The Morgan fingerprint density at radius 2 is 2.05 bits per heavy atom. The number of amides is 1. The molecule has 0 aliphatic carbocycles. The largest absolute Gasteiger partial charge is 0.350 e. The van der Waals surface area contributed by atoms with Gasteiger partial charge in [0.25, 0.3) is 5.91 Å². The van der Waals surface area contributed by atoms with Gasteiger partial charge < -0.3 is 5.32 Å². The van der Waals surface area contributed by atoms with Gasteiger partial charge in [0.15, 0.2) is 4.96 Å². The van der Waals surface area contributed by atoms with Crippen molar-refractivity contribution in [3.63, 3.8) is 0 Å². The second-order valence-corrected chi connectivity index (χ2v) is 6.53. The maximum absolute atomic E-state index is 13.0. The van der Waals surface area contributed by atoms with Gasteiger partial charge in [-0.25, -0.2) is 9.37 Å². The molecule has 0 saturated heterocycles. The Morgan fingerprint density at radius 3 is 2.68 bits per heavy atom. The van der Waals surface area contributed by atoms with Gasteiger partial charge in [0.2, 0.25) is 0 Å². The van der Waals surface area contributed by atoms with Crippen LogP contribution in [-0.2, 0) is 0 Å². The van der Waals surface area contributed by atoms with Gasteiger partial charge in [-0.05, 0) is 23.6 Å². The number of halogens is 1. The van der Waals surface area contributed by atoms with Crippen LogP contribution in [0.25, 0.3) is 15.4 Å². The summed E-state index contributed by atoms with van der Waals surface area (Å²) in [7, 11) is 0. The lowest BCUT2D eigenvalue weighted by atomic mass is 10.2. The van der Waals surface area contributed by atoms with Crippen molar-refractivity contribution in [2.24, 2.45) is 5.92 Å². The number of carbonyl (C=O) groups is 1. The predicted molar refractivity (Wildman–Crippen MR) is 85.6 cm³/mol. The van der Waals surface area contributed by atoms with Gasteiger partial charge in [-0.3, -0.25) is 9.20 Å². The van der Waals surface area contributed by atoms with Crippen LogP contribution < -0.4 is 5.32 Å². The highest BCUT2D eigenvalue weighted by molar-refractivity contribution is 7.20. The van der Waals surface area contributed by atoms with E-state index in [1.54, 1.807) is 18.3 Å². The highest BCUT2D eigenvalue weighted by Gasteiger charge is 2.13. The van der Waals surface area contributed by atoms with E-state index in [9.17, 15) is 9.18 Å². The molecule has 0 spiro atoms. The maximum atomic E-state index is 13.0. The average Bonchev–Trinajstić information content (AvgIpc) is 3.04. The van der Waals surface area contributed by atoms with E-state index in [0.717, 1.165) is 15.4 Å². The van der Waals surface area contributed by atoms with Gasteiger partial charge in [-0.2, -0.15) is 0 Å². The molecular formula is C16H16FN3OS. The number of benzene rings is 1. The Labute approximate surface area is 131 Å². The third-order valence-corrected chi connectivity index (χ3v) is 4.23. The minimum Gasteiger partial charge on any atom is -0.350 e. The van der Waals surface area contributed by atoms with Crippen LogP contribution in [0.4, 0.5) is 4.39 Å². The van der Waals surface area contributed by atoms with E-state index in [2.05, 4.69) is 10.3 Å². The number of nitrogens with one attached hydrogen (secondary N) is 1. The third-order valence-electron chi connectivity index (χ3n) is 3.19. The zero-order valence-corrected chi connectivity index (χ0v) is 13.2. The van der Waals surface area contributed by atoms with Gasteiger partial charge in [0, 0.05) is 18.9 Å². The molecule has 0 fully saturated rings. The SMILES string of the molecule is CC(C)CNC(=O)c1cn2cc(-c3ccc(F)cc3)sc2n1. The van der Waals surface area contributed by atoms with Gasteiger partial charge in [-0.15, -0.1) is 0 Å². The summed E-state index contributed by atoms with van der Waals surface area (Å²) in [5.74, 6) is -0.0140. The van der Waals surface area contributed by atoms with E-state index in [0.29, 0.717) is 18.2 Å². The number of imidazole rings is 1. The van der Waals surface area contributed by atoms with E-state index in [-0.39, 0.29) is 11.7 Å². The molecule has 0 radical (unpaired) electrons. The summed E-state index contributed by atoms with van der Waals surface area (Å²) >= 11 is 1.47. The van der Waals surface area contributed by atoms with E-state index >= 15 is 0 Å². The summed E-state index contributed by atoms with van der Waals surface area (Å²) in [6.07, 6.45) is 3.62. The Kier molecular flexibility index (Phi) is 3.94. The van der Waals surface area contributed by atoms with Crippen LogP contribution in [0.5, 0.6) is 0 Å². The molecular weight excluding hydrogens is 301 g/mol. The molecule has 2 heterocycles. The normalized spacial score (nSPS) is 11.3. The smallest absolute Gasteiger partial charge is 0.271 e. The van der Waals surface area contributed by atoms with Gasteiger partial charge in [-0.1, -0.05) is 37.3 Å². The molecule has 0 saturated carbocycles. The van der Waals surface area contributed by atoms with E-state index in [1.807, 2.05) is 24.4 Å². The maximum Gasteiger partial charge on any atom is 0.271 e. The van der Waals surface area contributed by atoms with Gasteiger partial charge >= 0.3 is 0 Å². The first-order valence-corrected chi connectivity index (χ1v) is 7.87. The number of carbonyl (C=O) groups excluding carboxylic acids is 1. The molecule has 1 aromatic carbocycles. The monoisotopic (exact) mass is 317 g/mol. The first-order chi connectivity index (χ1) is 10.5. The molecule has 1 N–H and O–H groups in total. The van der Waals surface area contributed by atoms with Crippen molar-refractivity contribution in [3.05, 3.63) is 48.2 Å². The van der Waals surface area contributed by atoms with Crippen molar-refractivity contribution < 1.29 is 9.18 Å². The van der Waals surface area contributed by atoms with Crippen molar-refractivity contribution in [2.75, 3.05) is 6.54 Å². The quantitative estimate of drug-likeness (QED) is 0.799. The molecule has 6 heteroatoms. The molecule has 114 valence electrons. The fourth-order valence-corrected chi connectivity index (χ4v) is 3.01. The van der Waals surface area contributed by atoms with Crippen LogP contribution in [0.3, 0.4) is 0 Å². The van der Waals surface area contributed by atoms with Crippen LogP contribution in [0, 0.1) is 11.7 Å². The Balaban J connectivity index is 1.83. The minimum absolute atomic E-state index is 0.159. The number of nitrogens with zero attached hydrogens (tertiary/aromatic N) is 2. The molecule has 0 bridgehead atoms. The van der Waals surface area contributed by atoms with E-state index < -0.39 is 0 Å². The lowest BCUT2D eigenvalue weighted by molar-refractivity contribution is 0.0944. The van der Waals surface area contributed by atoms with Crippen LogP contribution >= 0.6 is 11.3 Å². The van der Waals surface area contributed by atoms with Gasteiger partial charge in [0.1, 0.15) is 11.5 Å². The van der Waals surface area contributed by atoms with E-state index in [1.165, 1.54) is 23.5 Å². The zero-order chi connectivity index (χ0) is 15.7. The first kappa shape index (κ1) is 14.7. The molecule has 0 unspecified atom stereocenters. The van der Waals surface area contributed by atoms with Crippen LogP contribution in [0.2, 0.25) is 0 Å². The van der Waals surface area contributed by atoms with Crippen LogP contribution in [0.1, 0.15) is 24.3 Å². The third kappa shape index (κ3) is 3.01. The summed E-state index contributed by atoms with van der Waals surface area (Å²) < 4.78 is 14.8. The standard InChI is InChI=1S/C16H16FN3OS/c1-10(2)7-18-15(21)13-8-20-9-14(22-16(20)19-13)11-3-5-12(17)6-4-11/h3-6,8-10H,7H2,1-2H3,(H,18,21). The number of hydrogen-bond acceptors (Lipinski definition) is 3. The van der Waals surface area contributed by atoms with Crippen molar-refractivity contribution in [1.29, 1.82) is 0 Å². The second kappa shape index (κ2) is 5.88. The summed E-state index contributed by atoms with van der Waals surface area (Å²) in [6.45, 7) is 4.72. The van der Waals surface area contributed by atoms with Crippen LogP contribution in [-0.4, -0.2) is 21.8 Å². The second-order valence-electron chi connectivity index (χ2n) is 5.52. The summed E-state index contributed by atoms with van der Waals surface area (Å²) in [5.41, 5.74) is 1.35. The molecule has 0 atom stereocenters. The molecule has 3 aromatic rings. The lowest BCUT2D eigenvalue weighted by Gasteiger charge is -2.04. The zero-order valence-electron chi connectivity index (χ0n) is 12.3. The molecule has 2 aromatic heterocycles. The summed E-state index contributed by atoms with van der Waals surface area (Å²) in [4.78, 5) is 18.1. The van der Waals surface area contributed by atoms with Crippen molar-refractivity contribution in [1.82, 2.24) is 14.7 Å². The van der Waals surface area contributed by atoms with Crippen molar-refractivity contribution in [2.45, 2.75) is 13.8 Å². The number of rotatable bonds is 4. The Hall–Kier alpha value is -2.21. The minimum atomic E-state index is -0.255. The Bertz CT molecular complexity index is 773. The molecule has 4 nitrogen and oxygen atoms in total. The predicted octanol–water partition coefficient (Wildman–Crippen LogP) is 3.59. The highest BCUT2D eigenvalue weighted by atomic mass is 32.1. The Morgan fingerprint density at radius 1 is 1.32 bits per heavy atom. The lowest BCUT2D eigenvalue weighted by Crippen LogP contribution is -2.27. The number of thiazole rings is 1.